The van der Waals surface area contributed by atoms with Gasteiger partial charge in [0.25, 0.3) is 0 Å². The average Bonchev–Trinajstić information content (AvgIpc) is 2.89. The van der Waals surface area contributed by atoms with Crippen LogP contribution in [0.5, 0.6) is 0 Å². The van der Waals surface area contributed by atoms with Crippen LogP contribution >= 0.6 is 12.2 Å². The molecule has 3 aromatic rings. The van der Waals surface area contributed by atoms with Gasteiger partial charge in [0.1, 0.15) is 12.1 Å². The maximum atomic E-state index is 5.07. The molecular weight excluding hydrogens is 236 g/mol. The molecule has 0 amide bonds. The molecule has 0 saturated carbocycles. The Labute approximate surface area is 102 Å². The minimum Gasteiger partial charge on any atom is -0.306 e. The first-order chi connectivity index (χ1) is 8.25. The summed E-state index contributed by atoms with van der Waals surface area (Å²) in [4.78, 5) is 0. The van der Waals surface area contributed by atoms with Crippen LogP contribution in [0.3, 0.4) is 0 Å². The summed E-state index contributed by atoms with van der Waals surface area (Å²) in [6.07, 6.45) is 0. The summed E-state index contributed by atoms with van der Waals surface area (Å²) in [5.74, 6) is 0.825. The van der Waals surface area contributed by atoms with Crippen LogP contribution in [0.25, 0.3) is 11.0 Å². The van der Waals surface area contributed by atoms with E-state index in [0.717, 1.165) is 16.9 Å². The second-order valence-corrected chi connectivity index (χ2v) is 4.13. The maximum absolute atomic E-state index is 5.07. The lowest BCUT2D eigenvalue weighted by molar-refractivity contribution is 0.620. The molecule has 7 heteroatoms. The van der Waals surface area contributed by atoms with Crippen LogP contribution in [0.2, 0.25) is 0 Å². The number of benzene rings is 1. The van der Waals surface area contributed by atoms with Gasteiger partial charge in [0, 0.05) is 7.05 Å². The lowest BCUT2D eigenvalue weighted by atomic mass is 10.3. The maximum Gasteiger partial charge on any atom is 0.194 e. The van der Waals surface area contributed by atoms with E-state index in [9.17, 15) is 0 Å². The minimum absolute atomic E-state index is 0.546. The number of aromatic amines is 1. The Bertz CT molecular complexity index is 722. The first-order valence-electron chi connectivity index (χ1n) is 5.14. The Kier molecular flexibility index (Phi) is 2.25. The Hall–Kier alpha value is -2.02. The Morgan fingerprint density at radius 2 is 2.18 bits per heavy atom. The van der Waals surface area contributed by atoms with Gasteiger partial charge in [-0.2, -0.15) is 5.10 Å². The largest absolute Gasteiger partial charge is 0.306 e. The molecule has 86 valence electrons. The zero-order valence-corrected chi connectivity index (χ0v) is 9.98. The van der Waals surface area contributed by atoms with Crippen molar-refractivity contribution in [3.8, 4) is 0 Å². The molecule has 0 aliphatic carbocycles. The number of para-hydroxylation sites is 1. The summed E-state index contributed by atoms with van der Waals surface area (Å²) in [7, 11) is 1.88. The first kappa shape index (κ1) is 10.2. The van der Waals surface area contributed by atoms with E-state index in [0.29, 0.717) is 11.3 Å². The summed E-state index contributed by atoms with van der Waals surface area (Å²) in [5.41, 5.74) is 1.87. The standard InChI is InChI=1S/C10H10N6S/c1-15-9(12-13-10(15)17)6-16-8-5-3-2-4-7(8)11-14-16/h2-5H,6H2,1H3,(H,13,17). The minimum atomic E-state index is 0.546. The molecule has 0 saturated heterocycles. The summed E-state index contributed by atoms with van der Waals surface area (Å²) >= 11 is 5.07. The van der Waals surface area contributed by atoms with Crippen LogP contribution in [0.15, 0.2) is 24.3 Å². The van der Waals surface area contributed by atoms with Gasteiger partial charge in [0.15, 0.2) is 10.6 Å². The number of nitrogens with one attached hydrogen (secondary N) is 1. The fraction of sp³-hybridized carbons (Fsp3) is 0.200. The zero-order chi connectivity index (χ0) is 11.8. The molecule has 0 spiro atoms. The molecule has 0 aliphatic rings. The van der Waals surface area contributed by atoms with Crippen molar-refractivity contribution in [3.63, 3.8) is 0 Å². The summed E-state index contributed by atoms with van der Waals surface area (Å²) in [5, 5.41) is 15.1. The number of hydrogen-bond acceptors (Lipinski definition) is 4. The van der Waals surface area contributed by atoms with Crippen molar-refractivity contribution in [2.75, 3.05) is 0 Å². The summed E-state index contributed by atoms with van der Waals surface area (Å²) in [6.45, 7) is 0.546. The molecule has 2 heterocycles. The van der Waals surface area contributed by atoms with Crippen molar-refractivity contribution in [1.29, 1.82) is 0 Å². The van der Waals surface area contributed by atoms with E-state index in [1.165, 1.54) is 0 Å². The number of rotatable bonds is 2. The van der Waals surface area contributed by atoms with Crippen LogP contribution in [0.1, 0.15) is 5.82 Å². The van der Waals surface area contributed by atoms with E-state index >= 15 is 0 Å². The Morgan fingerprint density at radius 3 is 2.94 bits per heavy atom. The van der Waals surface area contributed by atoms with Gasteiger partial charge in [0.2, 0.25) is 0 Å². The molecule has 0 radical (unpaired) electrons. The number of nitrogens with zero attached hydrogens (tertiary/aromatic N) is 5. The molecule has 2 aromatic heterocycles. The molecule has 17 heavy (non-hydrogen) atoms. The molecule has 1 N–H and O–H groups in total. The van der Waals surface area contributed by atoms with Crippen molar-refractivity contribution in [2.45, 2.75) is 6.54 Å². The molecule has 0 atom stereocenters. The fourth-order valence-electron chi connectivity index (χ4n) is 1.69. The van der Waals surface area contributed by atoms with Gasteiger partial charge < -0.3 is 4.57 Å². The van der Waals surface area contributed by atoms with Crippen LogP contribution in [-0.2, 0) is 13.6 Å². The van der Waals surface area contributed by atoms with E-state index in [1.54, 1.807) is 4.68 Å². The molecular formula is C10H10N6S. The molecule has 0 bridgehead atoms. The van der Waals surface area contributed by atoms with E-state index in [-0.39, 0.29) is 0 Å². The van der Waals surface area contributed by atoms with Gasteiger partial charge in [-0.05, 0) is 24.4 Å². The SMILES string of the molecule is Cn1c(Cn2nnc3ccccc32)n[nH]c1=S. The highest BCUT2D eigenvalue weighted by molar-refractivity contribution is 7.71. The monoisotopic (exact) mass is 246 g/mol. The van der Waals surface area contributed by atoms with Crippen molar-refractivity contribution < 1.29 is 0 Å². The molecule has 0 fully saturated rings. The summed E-state index contributed by atoms with van der Waals surface area (Å²) in [6, 6.07) is 7.82. The third-order valence-electron chi connectivity index (χ3n) is 2.68. The highest BCUT2D eigenvalue weighted by Crippen LogP contribution is 2.10. The van der Waals surface area contributed by atoms with Crippen LogP contribution in [0, 0.1) is 4.77 Å². The first-order valence-corrected chi connectivity index (χ1v) is 5.55. The number of hydrogen-bond donors (Lipinski definition) is 1. The van der Waals surface area contributed by atoms with Crippen molar-refractivity contribution in [1.82, 2.24) is 29.8 Å². The predicted octanol–water partition coefficient (Wildman–Crippen LogP) is 1.27. The summed E-state index contributed by atoms with van der Waals surface area (Å²) < 4.78 is 4.23. The number of fused-ring (bicyclic) bond motifs is 1. The van der Waals surface area contributed by atoms with Crippen molar-refractivity contribution >= 4 is 23.3 Å². The number of aromatic nitrogens is 6. The van der Waals surface area contributed by atoms with Crippen molar-refractivity contribution in [3.05, 3.63) is 34.9 Å². The second-order valence-electron chi connectivity index (χ2n) is 3.74. The third kappa shape index (κ3) is 1.64. The second kappa shape index (κ2) is 3.77. The topological polar surface area (TPSA) is 64.3 Å². The van der Waals surface area contributed by atoms with Gasteiger partial charge in [-0.15, -0.1) is 5.10 Å². The number of H-pyrrole nitrogens is 1. The molecule has 0 unspecified atom stereocenters. The molecule has 3 rings (SSSR count). The van der Waals surface area contributed by atoms with Gasteiger partial charge in [-0.25, -0.2) is 4.68 Å². The fourth-order valence-corrected chi connectivity index (χ4v) is 1.84. The Morgan fingerprint density at radius 1 is 1.35 bits per heavy atom. The van der Waals surface area contributed by atoms with Gasteiger partial charge in [-0.1, -0.05) is 17.3 Å². The van der Waals surface area contributed by atoms with E-state index in [2.05, 4.69) is 20.5 Å². The van der Waals surface area contributed by atoms with Crippen molar-refractivity contribution in [2.24, 2.45) is 7.05 Å². The normalized spacial score (nSPS) is 11.1. The molecule has 6 nitrogen and oxygen atoms in total. The smallest absolute Gasteiger partial charge is 0.194 e. The lowest BCUT2D eigenvalue weighted by Gasteiger charge is -2.01. The van der Waals surface area contributed by atoms with E-state index in [4.69, 9.17) is 12.2 Å². The van der Waals surface area contributed by atoms with Crippen LogP contribution in [0.4, 0.5) is 0 Å². The zero-order valence-electron chi connectivity index (χ0n) is 9.16. The predicted molar refractivity (Wildman–Crippen MR) is 65.0 cm³/mol. The third-order valence-corrected chi connectivity index (χ3v) is 3.05. The highest BCUT2D eigenvalue weighted by Gasteiger charge is 2.07. The molecule has 1 aromatic carbocycles. The van der Waals surface area contributed by atoms with Gasteiger partial charge in [-0.3, -0.25) is 5.10 Å². The van der Waals surface area contributed by atoms with Crippen LogP contribution < -0.4 is 0 Å². The highest BCUT2D eigenvalue weighted by atomic mass is 32.1. The van der Waals surface area contributed by atoms with Gasteiger partial charge >= 0.3 is 0 Å². The van der Waals surface area contributed by atoms with Gasteiger partial charge in [0.05, 0.1) is 5.52 Å². The average molecular weight is 246 g/mol. The van der Waals surface area contributed by atoms with Crippen LogP contribution in [-0.4, -0.2) is 29.8 Å². The molecule has 0 aliphatic heterocycles. The van der Waals surface area contributed by atoms with E-state index in [1.807, 2.05) is 35.9 Å². The van der Waals surface area contributed by atoms with E-state index < -0.39 is 0 Å². The lowest BCUT2D eigenvalue weighted by Crippen LogP contribution is -2.07. The Balaban J connectivity index is 2.06. The quantitative estimate of drug-likeness (QED) is 0.692.